The Balaban J connectivity index is 1.70. The van der Waals surface area contributed by atoms with Crippen molar-refractivity contribution in [1.82, 2.24) is 4.90 Å². The van der Waals surface area contributed by atoms with Gasteiger partial charge in [-0.3, -0.25) is 0 Å². The second-order valence-electron chi connectivity index (χ2n) is 5.26. The van der Waals surface area contributed by atoms with Crippen LogP contribution >= 0.6 is 0 Å². The van der Waals surface area contributed by atoms with Gasteiger partial charge in [0.15, 0.2) is 5.84 Å². The summed E-state index contributed by atoms with van der Waals surface area (Å²) in [5.41, 5.74) is 6.17. The summed E-state index contributed by atoms with van der Waals surface area (Å²) >= 11 is 0. The first kappa shape index (κ1) is 15.6. The van der Waals surface area contributed by atoms with Crippen molar-refractivity contribution in [3.63, 3.8) is 0 Å². The molecule has 6 heteroatoms. The fourth-order valence-electron chi connectivity index (χ4n) is 2.33. The molecule has 1 aromatic rings. The fourth-order valence-corrected chi connectivity index (χ4v) is 2.33. The van der Waals surface area contributed by atoms with E-state index in [9.17, 15) is 0 Å². The van der Waals surface area contributed by atoms with Crippen LogP contribution < -0.4 is 10.5 Å². The minimum absolute atomic E-state index is 0.0952. The summed E-state index contributed by atoms with van der Waals surface area (Å²) in [6.45, 7) is 3.31. The van der Waals surface area contributed by atoms with E-state index in [1.165, 1.54) is 6.42 Å². The van der Waals surface area contributed by atoms with Crippen LogP contribution in [0.15, 0.2) is 29.4 Å². The highest BCUT2D eigenvalue weighted by Gasteiger charge is 2.17. The van der Waals surface area contributed by atoms with Gasteiger partial charge in [-0.25, -0.2) is 0 Å². The number of ether oxygens (including phenoxy) is 2. The van der Waals surface area contributed by atoms with Crippen LogP contribution in [0.4, 0.5) is 0 Å². The normalized spacial score (nSPS) is 19.1. The van der Waals surface area contributed by atoms with E-state index in [1.807, 2.05) is 12.1 Å². The van der Waals surface area contributed by atoms with Crippen molar-refractivity contribution < 1.29 is 14.7 Å². The van der Waals surface area contributed by atoms with E-state index in [0.717, 1.165) is 31.9 Å². The van der Waals surface area contributed by atoms with Crippen LogP contribution in [0, 0.1) is 0 Å². The molecule has 2 rings (SSSR count). The highest BCUT2D eigenvalue weighted by atomic mass is 16.5. The van der Waals surface area contributed by atoms with E-state index in [-0.39, 0.29) is 5.84 Å². The molecule has 21 heavy (non-hydrogen) atoms. The molecule has 116 valence electrons. The predicted octanol–water partition coefficient (Wildman–Crippen LogP) is 1.27. The Morgan fingerprint density at radius 2 is 2.24 bits per heavy atom. The summed E-state index contributed by atoms with van der Waals surface area (Å²) in [7, 11) is 2.08. The highest BCUT2D eigenvalue weighted by Crippen LogP contribution is 2.14. The average Bonchev–Trinajstić information content (AvgIpc) is 3.00. The third-order valence-corrected chi connectivity index (χ3v) is 3.54. The highest BCUT2D eigenvalue weighted by molar-refractivity contribution is 5.97. The summed E-state index contributed by atoms with van der Waals surface area (Å²) in [6, 6.07) is 7.15. The summed E-state index contributed by atoms with van der Waals surface area (Å²) in [4.78, 5) is 2.22. The van der Waals surface area contributed by atoms with Gasteiger partial charge in [-0.2, -0.15) is 0 Å². The molecule has 1 unspecified atom stereocenters. The molecule has 0 aliphatic carbocycles. The molecule has 0 amide bonds. The predicted molar refractivity (Wildman–Crippen MR) is 80.9 cm³/mol. The zero-order valence-corrected chi connectivity index (χ0v) is 12.4. The van der Waals surface area contributed by atoms with Crippen LogP contribution in [-0.4, -0.2) is 55.4 Å². The molecule has 1 aliphatic heterocycles. The van der Waals surface area contributed by atoms with Crippen molar-refractivity contribution in [2.24, 2.45) is 10.9 Å². The first-order chi connectivity index (χ1) is 10.2. The lowest BCUT2D eigenvalue weighted by atomic mass is 10.2. The lowest BCUT2D eigenvalue weighted by molar-refractivity contribution is 0.0771. The Hall–Kier alpha value is -1.79. The van der Waals surface area contributed by atoms with Gasteiger partial charge in [-0.1, -0.05) is 5.16 Å². The molecule has 0 aromatic heterocycles. The number of nitrogens with two attached hydrogens (primary N) is 1. The van der Waals surface area contributed by atoms with Crippen LogP contribution in [0.5, 0.6) is 5.75 Å². The molecule has 0 bridgehead atoms. The number of benzene rings is 1. The Labute approximate surface area is 125 Å². The summed E-state index contributed by atoms with van der Waals surface area (Å²) in [5, 5.41) is 11.6. The molecule has 6 nitrogen and oxygen atoms in total. The first-order valence-electron chi connectivity index (χ1n) is 7.20. The zero-order valence-electron chi connectivity index (χ0n) is 12.4. The molecular formula is C15H23N3O3. The number of oxime groups is 1. The molecule has 3 N–H and O–H groups in total. The van der Waals surface area contributed by atoms with E-state index >= 15 is 0 Å². The van der Waals surface area contributed by atoms with Gasteiger partial charge < -0.3 is 25.3 Å². The van der Waals surface area contributed by atoms with Crippen molar-refractivity contribution in [3.05, 3.63) is 29.8 Å². The van der Waals surface area contributed by atoms with Crippen molar-refractivity contribution in [2.45, 2.75) is 18.9 Å². The zero-order chi connectivity index (χ0) is 15.1. The fraction of sp³-hybridized carbons (Fsp3) is 0.533. The molecule has 1 aliphatic rings. The Morgan fingerprint density at radius 3 is 2.86 bits per heavy atom. The van der Waals surface area contributed by atoms with Crippen LogP contribution in [-0.2, 0) is 4.74 Å². The van der Waals surface area contributed by atoms with E-state index in [1.54, 1.807) is 12.1 Å². The standard InChI is InChI=1S/C15H23N3O3/c1-18(11-14-3-2-9-20-14)8-10-21-13-6-4-12(5-7-13)15(16)17-19/h4-7,14,19H,2-3,8-11H2,1H3,(H2,16,17). The van der Waals surface area contributed by atoms with E-state index < -0.39 is 0 Å². The molecular weight excluding hydrogens is 270 g/mol. The summed E-state index contributed by atoms with van der Waals surface area (Å²) in [5.74, 6) is 0.868. The molecule has 1 aromatic carbocycles. The quantitative estimate of drug-likeness (QED) is 0.342. The monoisotopic (exact) mass is 293 g/mol. The SMILES string of the molecule is CN(CCOc1ccc(C(N)=NO)cc1)CC1CCCO1. The Kier molecular flexibility index (Phi) is 5.83. The third kappa shape index (κ3) is 4.91. The Morgan fingerprint density at radius 1 is 1.48 bits per heavy atom. The summed E-state index contributed by atoms with van der Waals surface area (Å²) < 4.78 is 11.3. The van der Waals surface area contributed by atoms with Gasteiger partial charge in [-0.05, 0) is 44.2 Å². The molecule has 1 heterocycles. The largest absolute Gasteiger partial charge is 0.492 e. The van der Waals surface area contributed by atoms with Gasteiger partial charge in [0.05, 0.1) is 6.10 Å². The van der Waals surface area contributed by atoms with Crippen LogP contribution in [0.2, 0.25) is 0 Å². The lowest BCUT2D eigenvalue weighted by Gasteiger charge is -2.20. The number of rotatable bonds is 7. The number of hydrogen-bond donors (Lipinski definition) is 2. The maximum atomic E-state index is 8.59. The van der Waals surface area contributed by atoms with Crippen molar-refractivity contribution >= 4 is 5.84 Å². The molecule has 1 atom stereocenters. The maximum absolute atomic E-state index is 8.59. The molecule has 0 radical (unpaired) electrons. The number of amidine groups is 1. The van der Waals surface area contributed by atoms with Gasteiger partial charge in [0.2, 0.25) is 0 Å². The van der Waals surface area contributed by atoms with Crippen molar-refractivity contribution in [1.29, 1.82) is 0 Å². The first-order valence-corrected chi connectivity index (χ1v) is 7.20. The van der Waals surface area contributed by atoms with E-state index in [0.29, 0.717) is 18.3 Å². The molecule has 0 saturated carbocycles. The second kappa shape index (κ2) is 7.85. The van der Waals surface area contributed by atoms with Crippen LogP contribution in [0.3, 0.4) is 0 Å². The van der Waals surface area contributed by atoms with Gasteiger partial charge in [0.25, 0.3) is 0 Å². The third-order valence-electron chi connectivity index (χ3n) is 3.54. The molecule has 1 saturated heterocycles. The van der Waals surface area contributed by atoms with Crippen molar-refractivity contribution in [3.8, 4) is 5.75 Å². The minimum atomic E-state index is 0.0952. The van der Waals surface area contributed by atoms with Gasteiger partial charge >= 0.3 is 0 Å². The second-order valence-corrected chi connectivity index (χ2v) is 5.26. The van der Waals surface area contributed by atoms with E-state index in [2.05, 4.69) is 17.1 Å². The number of nitrogens with zero attached hydrogens (tertiary/aromatic N) is 2. The maximum Gasteiger partial charge on any atom is 0.170 e. The summed E-state index contributed by atoms with van der Waals surface area (Å²) in [6.07, 6.45) is 2.69. The number of likely N-dealkylation sites (N-methyl/N-ethyl adjacent to an activating group) is 1. The van der Waals surface area contributed by atoms with Gasteiger partial charge in [-0.15, -0.1) is 0 Å². The van der Waals surface area contributed by atoms with Gasteiger partial charge in [0, 0.05) is 25.3 Å². The minimum Gasteiger partial charge on any atom is -0.492 e. The molecule has 1 fully saturated rings. The van der Waals surface area contributed by atoms with Crippen LogP contribution in [0.25, 0.3) is 0 Å². The Bertz CT molecular complexity index is 456. The van der Waals surface area contributed by atoms with Crippen LogP contribution in [0.1, 0.15) is 18.4 Å². The van der Waals surface area contributed by atoms with E-state index in [4.69, 9.17) is 20.4 Å². The smallest absolute Gasteiger partial charge is 0.170 e. The van der Waals surface area contributed by atoms with Crippen molar-refractivity contribution in [2.75, 3.05) is 33.4 Å². The average molecular weight is 293 g/mol. The lowest BCUT2D eigenvalue weighted by Crippen LogP contribution is -2.32. The number of hydrogen-bond acceptors (Lipinski definition) is 5. The van der Waals surface area contributed by atoms with Gasteiger partial charge in [0.1, 0.15) is 12.4 Å². The molecule has 0 spiro atoms. The topological polar surface area (TPSA) is 80.3 Å².